The van der Waals surface area contributed by atoms with E-state index in [9.17, 15) is 0 Å². The lowest BCUT2D eigenvalue weighted by Gasteiger charge is -1.94. The Hall–Kier alpha value is -0.450. The predicted molar refractivity (Wildman–Crippen MR) is 42.5 cm³/mol. The van der Waals surface area contributed by atoms with Crippen LogP contribution in [-0.2, 0) is 0 Å². The predicted octanol–water partition coefficient (Wildman–Crippen LogP) is 1.70. The monoisotopic (exact) mass is 236 g/mol. The van der Waals surface area contributed by atoms with Crippen LogP contribution in [0.25, 0.3) is 0 Å². The van der Waals surface area contributed by atoms with E-state index in [0.29, 0.717) is 0 Å². The zero-order valence-electron chi connectivity index (χ0n) is 4.50. The standard InChI is InChI=1S/C6H5IO2/c7-5-2-1-4(8)3-6(5)9/h1-3,8-9H. The summed E-state index contributed by atoms with van der Waals surface area (Å²) in [5.41, 5.74) is 0. The van der Waals surface area contributed by atoms with E-state index >= 15 is 0 Å². The van der Waals surface area contributed by atoms with Gasteiger partial charge in [0, 0.05) is 6.07 Å². The molecule has 0 unspecified atom stereocenters. The van der Waals surface area contributed by atoms with E-state index in [1.54, 1.807) is 6.07 Å². The summed E-state index contributed by atoms with van der Waals surface area (Å²) in [4.78, 5) is 0. The maximum atomic E-state index is 8.93. The highest BCUT2D eigenvalue weighted by molar-refractivity contribution is 14.1. The van der Waals surface area contributed by atoms with Gasteiger partial charge in [-0.1, -0.05) is 0 Å². The Morgan fingerprint density at radius 3 is 2.33 bits per heavy atom. The molecule has 0 fully saturated rings. The second-order valence-electron chi connectivity index (χ2n) is 1.64. The molecule has 0 bridgehead atoms. The minimum atomic E-state index is 0.0907. The zero-order chi connectivity index (χ0) is 6.85. The number of halogens is 1. The van der Waals surface area contributed by atoms with E-state index in [2.05, 4.69) is 0 Å². The molecule has 1 rings (SSSR count). The van der Waals surface area contributed by atoms with Gasteiger partial charge in [0.25, 0.3) is 0 Å². The van der Waals surface area contributed by atoms with Crippen LogP contribution in [-0.4, -0.2) is 10.2 Å². The summed E-state index contributed by atoms with van der Waals surface area (Å²) in [6, 6.07) is 4.48. The summed E-state index contributed by atoms with van der Waals surface area (Å²) in [5, 5.41) is 17.7. The molecule has 0 saturated carbocycles. The molecule has 0 aromatic heterocycles. The normalized spacial score (nSPS) is 9.44. The van der Waals surface area contributed by atoms with E-state index in [4.69, 9.17) is 10.2 Å². The lowest BCUT2D eigenvalue weighted by atomic mass is 10.3. The van der Waals surface area contributed by atoms with Crippen molar-refractivity contribution in [1.29, 1.82) is 0 Å². The summed E-state index contributed by atoms with van der Waals surface area (Å²) in [6.45, 7) is 0. The van der Waals surface area contributed by atoms with Crippen molar-refractivity contribution < 1.29 is 10.2 Å². The number of hydrogen-bond donors (Lipinski definition) is 2. The number of hydrogen-bond acceptors (Lipinski definition) is 2. The molecule has 0 saturated heterocycles. The Balaban J connectivity index is 3.17. The van der Waals surface area contributed by atoms with E-state index in [1.165, 1.54) is 12.1 Å². The molecule has 0 aliphatic heterocycles. The van der Waals surface area contributed by atoms with Crippen molar-refractivity contribution >= 4 is 22.6 Å². The average Bonchev–Trinajstić information content (AvgIpc) is 1.80. The molecule has 0 aliphatic rings. The lowest BCUT2D eigenvalue weighted by Crippen LogP contribution is -1.70. The number of aromatic hydroxyl groups is 2. The van der Waals surface area contributed by atoms with Crippen LogP contribution in [0.1, 0.15) is 0 Å². The molecule has 9 heavy (non-hydrogen) atoms. The molecule has 0 aliphatic carbocycles. The molecule has 0 heterocycles. The van der Waals surface area contributed by atoms with Crippen molar-refractivity contribution in [3.8, 4) is 11.5 Å². The van der Waals surface area contributed by atoms with E-state index in [1.807, 2.05) is 22.6 Å². The average molecular weight is 236 g/mol. The van der Waals surface area contributed by atoms with Crippen molar-refractivity contribution in [2.45, 2.75) is 0 Å². The SMILES string of the molecule is Oc1ccc(I)c(O)c1. The maximum Gasteiger partial charge on any atom is 0.132 e. The largest absolute Gasteiger partial charge is 0.508 e. The number of rotatable bonds is 0. The van der Waals surface area contributed by atoms with Crippen LogP contribution in [0, 0.1) is 3.57 Å². The first-order valence-electron chi connectivity index (χ1n) is 2.37. The fraction of sp³-hybridized carbons (Fsp3) is 0. The molecule has 0 amide bonds. The smallest absolute Gasteiger partial charge is 0.132 e. The molecule has 2 N–H and O–H groups in total. The number of phenolic OH excluding ortho intramolecular Hbond substituents is 2. The highest BCUT2D eigenvalue weighted by Crippen LogP contribution is 2.23. The first kappa shape index (κ1) is 6.67. The molecular weight excluding hydrogens is 231 g/mol. The topological polar surface area (TPSA) is 40.5 Å². The third-order valence-corrected chi connectivity index (χ3v) is 1.84. The van der Waals surface area contributed by atoms with E-state index < -0.39 is 0 Å². The highest BCUT2D eigenvalue weighted by atomic mass is 127. The van der Waals surface area contributed by atoms with Gasteiger partial charge in [0.05, 0.1) is 3.57 Å². The van der Waals surface area contributed by atoms with Gasteiger partial charge < -0.3 is 10.2 Å². The summed E-state index contributed by atoms with van der Waals surface area (Å²) in [6.07, 6.45) is 0. The van der Waals surface area contributed by atoms with Crippen LogP contribution >= 0.6 is 22.6 Å². The second kappa shape index (κ2) is 2.43. The van der Waals surface area contributed by atoms with Gasteiger partial charge in [-0.05, 0) is 34.7 Å². The number of phenols is 2. The molecule has 2 nitrogen and oxygen atoms in total. The van der Waals surface area contributed by atoms with Crippen LogP contribution in [0.5, 0.6) is 11.5 Å². The van der Waals surface area contributed by atoms with Crippen LogP contribution in [0.15, 0.2) is 18.2 Å². The molecule has 0 atom stereocenters. The molecule has 1 aromatic carbocycles. The van der Waals surface area contributed by atoms with Gasteiger partial charge in [-0.15, -0.1) is 0 Å². The van der Waals surface area contributed by atoms with E-state index in [0.717, 1.165) is 3.57 Å². The molecule has 3 heteroatoms. The molecule has 0 spiro atoms. The van der Waals surface area contributed by atoms with Gasteiger partial charge in [-0.3, -0.25) is 0 Å². The highest BCUT2D eigenvalue weighted by Gasteiger charge is 1.95. The Bertz CT molecular complexity index is 222. The van der Waals surface area contributed by atoms with Crippen molar-refractivity contribution in [2.24, 2.45) is 0 Å². The Morgan fingerprint density at radius 2 is 1.89 bits per heavy atom. The quantitative estimate of drug-likeness (QED) is 0.673. The summed E-state index contributed by atoms with van der Waals surface area (Å²) in [5.74, 6) is 0.212. The van der Waals surface area contributed by atoms with Crippen LogP contribution in [0.3, 0.4) is 0 Å². The van der Waals surface area contributed by atoms with Gasteiger partial charge >= 0.3 is 0 Å². The van der Waals surface area contributed by atoms with E-state index in [-0.39, 0.29) is 11.5 Å². The van der Waals surface area contributed by atoms with Gasteiger partial charge in [-0.25, -0.2) is 0 Å². The summed E-state index contributed by atoms with van der Waals surface area (Å²) >= 11 is 1.98. The lowest BCUT2D eigenvalue weighted by molar-refractivity contribution is 0.448. The van der Waals surface area contributed by atoms with Crippen molar-refractivity contribution in [3.63, 3.8) is 0 Å². The molecule has 48 valence electrons. The Kier molecular flexibility index (Phi) is 1.80. The third-order valence-electron chi connectivity index (χ3n) is 0.930. The number of benzene rings is 1. The first-order chi connectivity index (χ1) is 4.20. The Labute approximate surface area is 66.3 Å². The zero-order valence-corrected chi connectivity index (χ0v) is 6.66. The Morgan fingerprint density at radius 1 is 1.22 bits per heavy atom. The van der Waals surface area contributed by atoms with Crippen molar-refractivity contribution in [1.82, 2.24) is 0 Å². The van der Waals surface area contributed by atoms with Crippen LogP contribution in [0.4, 0.5) is 0 Å². The molecular formula is C6H5IO2. The van der Waals surface area contributed by atoms with Crippen molar-refractivity contribution in [3.05, 3.63) is 21.8 Å². The minimum absolute atomic E-state index is 0.0907. The van der Waals surface area contributed by atoms with Gasteiger partial charge in [0.2, 0.25) is 0 Å². The molecule has 1 aromatic rings. The second-order valence-corrected chi connectivity index (χ2v) is 2.80. The minimum Gasteiger partial charge on any atom is -0.508 e. The summed E-state index contributed by atoms with van der Waals surface area (Å²) in [7, 11) is 0. The summed E-state index contributed by atoms with van der Waals surface area (Å²) < 4.78 is 0.741. The maximum absolute atomic E-state index is 8.93. The van der Waals surface area contributed by atoms with Gasteiger partial charge in [0.1, 0.15) is 11.5 Å². The van der Waals surface area contributed by atoms with Crippen LogP contribution in [0.2, 0.25) is 0 Å². The van der Waals surface area contributed by atoms with Gasteiger partial charge in [0.15, 0.2) is 0 Å². The van der Waals surface area contributed by atoms with Crippen molar-refractivity contribution in [2.75, 3.05) is 0 Å². The van der Waals surface area contributed by atoms with Gasteiger partial charge in [-0.2, -0.15) is 0 Å². The molecule has 0 radical (unpaired) electrons. The first-order valence-corrected chi connectivity index (χ1v) is 3.45. The van der Waals surface area contributed by atoms with Crippen LogP contribution < -0.4 is 0 Å². The third kappa shape index (κ3) is 1.48. The fourth-order valence-corrected chi connectivity index (χ4v) is 0.837. The fourth-order valence-electron chi connectivity index (χ4n) is 0.501.